The molecule has 0 aromatic heterocycles. The number of piperazine rings is 1. The summed E-state index contributed by atoms with van der Waals surface area (Å²) in [6.45, 7) is 4.99. The summed E-state index contributed by atoms with van der Waals surface area (Å²) in [5.74, 6) is 0.316. The second-order valence-corrected chi connectivity index (χ2v) is 9.87. The first-order chi connectivity index (χ1) is 13.8. The van der Waals surface area contributed by atoms with Gasteiger partial charge in [-0.3, -0.25) is 19.8 Å². The Morgan fingerprint density at radius 1 is 1.24 bits per heavy atom. The van der Waals surface area contributed by atoms with Gasteiger partial charge in [0, 0.05) is 38.3 Å². The highest BCUT2D eigenvalue weighted by Gasteiger charge is 2.34. The molecule has 1 amide bonds. The van der Waals surface area contributed by atoms with Gasteiger partial charge < -0.3 is 9.80 Å². The van der Waals surface area contributed by atoms with Crippen LogP contribution in [0.2, 0.25) is 0 Å². The summed E-state index contributed by atoms with van der Waals surface area (Å²) >= 11 is 0. The standard InChI is InChI=1S/C19H28N4O5S/c1-2-8-22(16-7-13-29(27,28)15-16)14-19(24)21-11-9-20(10-12-21)17-5-3-4-6-18(17)23(25)26/h3-6,16H,2,7-15H2,1H3. The third-order valence-corrected chi connectivity index (χ3v) is 7.38. The molecule has 10 heteroatoms. The maximum absolute atomic E-state index is 12.8. The molecule has 3 rings (SSSR count). The van der Waals surface area contributed by atoms with Crippen molar-refractivity contribution in [2.75, 3.05) is 55.7 Å². The Hall–Kier alpha value is -2.20. The van der Waals surface area contributed by atoms with E-state index in [1.807, 2.05) is 16.7 Å². The van der Waals surface area contributed by atoms with Gasteiger partial charge in [-0.25, -0.2) is 8.42 Å². The van der Waals surface area contributed by atoms with Crippen molar-refractivity contribution in [2.45, 2.75) is 25.8 Å². The molecule has 0 saturated carbocycles. The van der Waals surface area contributed by atoms with Crippen LogP contribution in [0.15, 0.2) is 24.3 Å². The molecule has 9 nitrogen and oxygen atoms in total. The molecular formula is C19H28N4O5S. The Balaban J connectivity index is 1.59. The van der Waals surface area contributed by atoms with Crippen LogP contribution in [-0.4, -0.2) is 85.9 Å². The molecule has 1 aromatic carbocycles. The number of carbonyl (C=O) groups excluding carboxylic acids is 1. The van der Waals surface area contributed by atoms with Crippen LogP contribution in [0.1, 0.15) is 19.8 Å². The molecular weight excluding hydrogens is 396 g/mol. The molecule has 2 aliphatic heterocycles. The van der Waals surface area contributed by atoms with Crippen LogP contribution in [0.4, 0.5) is 11.4 Å². The molecule has 0 N–H and O–H groups in total. The smallest absolute Gasteiger partial charge is 0.292 e. The van der Waals surface area contributed by atoms with E-state index in [4.69, 9.17) is 0 Å². The maximum Gasteiger partial charge on any atom is 0.292 e. The van der Waals surface area contributed by atoms with Gasteiger partial charge in [-0.05, 0) is 25.5 Å². The van der Waals surface area contributed by atoms with Gasteiger partial charge >= 0.3 is 0 Å². The van der Waals surface area contributed by atoms with Crippen molar-refractivity contribution in [2.24, 2.45) is 0 Å². The number of rotatable bonds is 7. The molecule has 1 aromatic rings. The Labute approximate surface area is 171 Å². The van der Waals surface area contributed by atoms with Crippen molar-refractivity contribution in [1.82, 2.24) is 9.80 Å². The van der Waals surface area contributed by atoms with E-state index < -0.39 is 9.84 Å². The van der Waals surface area contributed by atoms with Crippen LogP contribution in [0.5, 0.6) is 0 Å². The molecule has 0 radical (unpaired) electrons. The van der Waals surface area contributed by atoms with E-state index in [0.717, 1.165) is 6.42 Å². The van der Waals surface area contributed by atoms with Crippen molar-refractivity contribution in [3.63, 3.8) is 0 Å². The van der Waals surface area contributed by atoms with E-state index in [9.17, 15) is 23.3 Å². The first kappa shape index (κ1) is 21.5. The van der Waals surface area contributed by atoms with Gasteiger partial charge in [0.15, 0.2) is 9.84 Å². The van der Waals surface area contributed by atoms with Gasteiger partial charge in [0.1, 0.15) is 5.69 Å². The Bertz CT molecular complexity index is 852. The van der Waals surface area contributed by atoms with E-state index in [0.29, 0.717) is 44.8 Å². The predicted octanol–water partition coefficient (Wildman–Crippen LogP) is 1.14. The van der Waals surface area contributed by atoms with Gasteiger partial charge in [0.25, 0.3) is 5.69 Å². The highest BCUT2D eigenvalue weighted by molar-refractivity contribution is 7.91. The zero-order chi connectivity index (χ0) is 21.0. The third kappa shape index (κ3) is 5.24. The minimum absolute atomic E-state index is 0.00930. The molecule has 1 atom stereocenters. The Kier molecular flexibility index (Phi) is 6.74. The highest BCUT2D eigenvalue weighted by atomic mass is 32.2. The maximum atomic E-state index is 12.8. The Morgan fingerprint density at radius 2 is 1.93 bits per heavy atom. The monoisotopic (exact) mass is 424 g/mol. The normalized spacial score (nSPS) is 21.5. The van der Waals surface area contributed by atoms with Crippen molar-refractivity contribution < 1.29 is 18.1 Å². The number of nitro benzene ring substituents is 1. The fourth-order valence-electron chi connectivity index (χ4n) is 4.10. The van der Waals surface area contributed by atoms with Crippen LogP contribution in [0.3, 0.4) is 0 Å². The molecule has 2 saturated heterocycles. The van der Waals surface area contributed by atoms with E-state index >= 15 is 0 Å². The number of nitrogens with zero attached hydrogens (tertiary/aromatic N) is 4. The number of carbonyl (C=O) groups is 1. The fourth-order valence-corrected chi connectivity index (χ4v) is 5.86. The molecule has 0 spiro atoms. The number of amides is 1. The lowest BCUT2D eigenvalue weighted by Gasteiger charge is -2.37. The van der Waals surface area contributed by atoms with Crippen LogP contribution < -0.4 is 4.90 Å². The van der Waals surface area contributed by atoms with E-state index in [-0.39, 0.29) is 40.6 Å². The van der Waals surface area contributed by atoms with Gasteiger partial charge in [-0.15, -0.1) is 0 Å². The number of para-hydroxylation sites is 2. The minimum Gasteiger partial charge on any atom is -0.362 e. The van der Waals surface area contributed by atoms with Gasteiger partial charge in [0.2, 0.25) is 5.91 Å². The lowest BCUT2D eigenvalue weighted by Crippen LogP contribution is -2.52. The van der Waals surface area contributed by atoms with Gasteiger partial charge in [-0.2, -0.15) is 0 Å². The molecule has 0 bridgehead atoms. The lowest BCUT2D eigenvalue weighted by atomic mass is 10.2. The van der Waals surface area contributed by atoms with Crippen LogP contribution in [0.25, 0.3) is 0 Å². The molecule has 2 aliphatic rings. The Morgan fingerprint density at radius 3 is 2.52 bits per heavy atom. The van der Waals surface area contributed by atoms with Gasteiger partial charge in [0.05, 0.1) is 23.0 Å². The average molecular weight is 425 g/mol. The number of sulfone groups is 1. The topological polar surface area (TPSA) is 104 Å². The summed E-state index contributed by atoms with van der Waals surface area (Å²) in [5.41, 5.74) is 0.650. The summed E-state index contributed by atoms with van der Waals surface area (Å²) < 4.78 is 23.6. The quantitative estimate of drug-likeness (QED) is 0.477. The second kappa shape index (κ2) is 9.08. The number of anilines is 1. The average Bonchev–Trinajstić information content (AvgIpc) is 3.07. The van der Waals surface area contributed by atoms with Crippen molar-refractivity contribution in [3.05, 3.63) is 34.4 Å². The van der Waals surface area contributed by atoms with Crippen molar-refractivity contribution >= 4 is 27.1 Å². The molecule has 29 heavy (non-hydrogen) atoms. The SMILES string of the molecule is CCCN(CC(=O)N1CCN(c2ccccc2[N+](=O)[O-])CC1)C1CCS(=O)(=O)C1. The molecule has 1 unspecified atom stereocenters. The fraction of sp³-hybridized carbons (Fsp3) is 0.632. The first-order valence-corrected chi connectivity index (χ1v) is 11.8. The summed E-state index contributed by atoms with van der Waals surface area (Å²) in [6.07, 6.45) is 1.44. The number of hydrogen-bond donors (Lipinski definition) is 0. The van der Waals surface area contributed by atoms with Crippen LogP contribution in [0, 0.1) is 10.1 Å². The summed E-state index contributed by atoms with van der Waals surface area (Å²) in [6, 6.07) is 6.56. The summed E-state index contributed by atoms with van der Waals surface area (Å²) in [7, 11) is -3.00. The van der Waals surface area contributed by atoms with Gasteiger partial charge in [-0.1, -0.05) is 19.1 Å². The highest BCUT2D eigenvalue weighted by Crippen LogP contribution is 2.28. The van der Waals surface area contributed by atoms with E-state index in [1.165, 1.54) is 6.07 Å². The van der Waals surface area contributed by atoms with Crippen molar-refractivity contribution in [3.8, 4) is 0 Å². The minimum atomic E-state index is -3.00. The lowest BCUT2D eigenvalue weighted by molar-refractivity contribution is -0.384. The number of nitro groups is 1. The third-order valence-electron chi connectivity index (χ3n) is 5.63. The zero-order valence-corrected chi connectivity index (χ0v) is 17.5. The van der Waals surface area contributed by atoms with Crippen molar-refractivity contribution in [1.29, 1.82) is 0 Å². The van der Waals surface area contributed by atoms with E-state index in [2.05, 4.69) is 0 Å². The number of hydrogen-bond acceptors (Lipinski definition) is 7. The molecule has 2 heterocycles. The van der Waals surface area contributed by atoms with E-state index in [1.54, 1.807) is 23.1 Å². The van der Waals surface area contributed by atoms with Crippen LogP contribution in [-0.2, 0) is 14.6 Å². The largest absolute Gasteiger partial charge is 0.362 e. The summed E-state index contributed by atoms with van der Waals surface area (Å²) in [5, 5.41) is 11.3. The first-order valence-electron chi connectivity index (χ1n) is 10.0. The number of benzene rings is 1. The predicted molar refractivity (Wildman–Crippen MR) is 111 cm³/mol. The molecule has 0 aliphatic carbocycles. The molecule has 160 valence electrons. The summed E-state index contributed by atoms with van der Waals surface area (Å²) in [4.78, 5) is 29.4. The van der Waals surface area contributed by atoms with Crippen LogP contribution >= 0.6 is 0 Å². The molecule has 2 fully saturated rings. The zero-order valence-electron chi connectivity index (χ0n) is 16.7. The second-order valence-electron chi connectivity index (χ2n) is 7.64.